The molecule has 0 aliphatic rings. The second-order valence-corrected chi connectivity index (χ2v) is 4.76. The summed E-state index contributed by atoms with van der Waals surface area (Å²) in [4.78, 5) is 13.5. The third-order valence-corrected chi connectivity index (χ3v) is 3.07. The van der Waals surface area contributed by atoms with Gasteiger partial charge in [0.15, 0.2) is 0 Å². The van der Waals surface area contributed by atoms with E-state index in [-0.39, 0.29) is 18.6 Å². The number of carbonyl (C=O) groups excluding carboxylic acids is 1. The van der Waals surface area contributed by atoms with Crippen molar-refractivity contribution >= 4 is 5.91 Å². The SMILES string of the molecule is CCN(C)C(=O)C(C)NCC(O)COc1ccccc1. The summed E-state index contributed by atoms with van der Waals surface area (Å²) in [6.07, 6.45) is -0.655. The fourth-order valence-electron chi connectivity index (χ4n) is 1.65. The first-order valence-corrected chi connectivity index (χ1v) is 6.88. The van der Waals surface area contributed by atoms with Gasteiger partial charge in [-0.2, -0.15) is 0 Å². The molecule has 2 atom stereocenters. The van der Waals surface area contributed by atoms with E-state index < -0.39 is 6.10 Å². The summed E-state index contributed by atoms with van der Waals surface area (Å²) < 4.78 is 5.44. The molecule has 0 aliphatic carbocycles. The van der Waals surface area contributed by atoms with E-state index in [4.69, 9.17) is 4.74 Å². The number of aliphatic hydroxyl groups excluding tert-OH is 1. The van der Waals surface area contributed by atoms with E-state index in [1.165, 1.54) is 0 Å². The first-order valence-electron chi connectivity index (χ1n) is 6.88. The van der Waals surface area contributed by atoms with Crippen LogP contribution in [0.15, 0.2) is 30.3 Å². The quantitative estimate of drug-likeness (QED) is 0.742. The lowest BCUT2D eigenvalue weighted by Crippen LogP contribution is -2.46. The van der Waals surface area contributed by atoms with Gasteiger partial charge in [0.2, 0.25) is 5.91 Å². The Kier molecular flexibility index (Phi) is 7.04. The number of carbonyl (C=O) groups is 1. The Balaban J connectivity index is 2.26. The minimum atomic E-state index is -0.655. The Morgan fingerprint density at radius 2 is 2.05 bits per heavy atom. The van der Waals surface area contributed by atoms with Gasteiger partial charge in [-0.05, 0) is 26.0 Å². The van der Waals surface area contributed by atoms with Crippen molar-refractivity contribution in [1.29, 1.82) is 0 Å². The lowest BCUT2D eigenvalue weighted by molar-refractivity contribution is -0.131. The lowest BCUT2D eigenvalue weighted by Gasteiger charge is -2.22. The van der Waals surface area contributed by atoms with Crippen molar-refractivity contribution in [3.05, 3.63) is 30.3 Å². The number of nitrogens with one attached hydrogen (secondary N) is 1. The van der Waals surface area contributed by atoms with Gasteiger partial charge in [0.05, 0.1) is 6.04 Å². The molecule has 5 heteroatoms. The van der Waals surface area contributed by atoms with Crippen molar-refractivity contribution in [1.82, 2.24) is 10.2 Å². The van der Waals surface area contributed by atoms with E-state index in [1.54, 1.807) is 18.9 Å². The van der Waals surface area contributed by atoms with Gasteiger partial charge >= 0.3 is 0 Å². The standard InChI is InChI=1S/C15H24N2O3/c1-4-17(3)15(19)12(2)16-10-13(18)11-20-14-8-6-5-7-9-14/h5-9,12-13,16,18H,4,10-11H2,1-3H3. The number of rotatable bonds is 8. The van der Waals surface area contributed by atoms with Gasteiger partial charge in [-0.25, -0.2) is 0 Å². The molecule has 0 fully saturated rings. The normalized spacial score (nSPS) is 13.6. The number of hydrogen-bond acceptors (Lipinski definition) is 4. The molecule has 2 unspecified atom stereocenters. The van der Waals surface area contributed by atoms with Crippen LogP contribution < -0.4 is 10.1 Å². The minimum Gasteiger partial charge on any atom is -0.491 e. The Labute approximate surface area is 120 Å². The molecule has 5 nitrogen and oxygen atoms in total. The van der Waals surface area contributed by atoms with E-state index in [1.807, 2.05) is 37.3 Å². The molecule has 112 valence electrons. The average Bonchev–Trinajstić information content (AvgIpc) is 2.49. The zero-order valence-electron chi connectivity index (χ0n) is 12.4. The van der Waals surface area contributed by atoms with Crippen LogP contribution in [-0.2, 0) is 4.79 Å². The molecular formula is C15H24N2O3. The van der Waals surface area contributed by atoms with Crippen molar-refractivity contribution < 1.29 is 14.6 Å². The summed E-state index contributed by atoms with van der Waals surface area (Å²) in [6, 6.07) is 9.02. The zero-order valence-corrected chi connectivity index (χ0v) is 12.4. The van der Waals surface area contributed by atoms with Crippen molar-refractivity contribution in [2.24, 2.45) is 0 Å². The second kappa shape index (κ2) is 8.55. The summed E-state index contributed by atoms with van der Waals surface area (Å²) in [6.45, 7) is 4.90. The maximum atomic E-state index is 11.8. The van der Waals surface area contributed by atoms with E-state index in [2.05, 4.69) is 5.32 Å². The molecule has 0 saturated heterocycles. The summed E-state index contributed by atoms with van der Waals surface area (Å²) in [7, 11) is 1.76. The predicted octanol–water partition coefficient (Wildman–Crippen LogP) is 0.883. The molecular weight excluding hydrogens is 256 g/mol. The molecule has 0 saturated carbocycles. The molecule has 2 N–H and O–H groups in total. The Morgan fingerprint density at radius 3 is 2.65 bits per heavy atom. The molecule has 0 radical (unpaired) electrons. The van der Waals surface area contributed by atoms with E-state index in [0.717, 1.165) is 5.75 Å². The Morgan fingerprint density at radius 1 is 1.40 bits per heavy atom. The number of nitrogens with zero attached hydrogens (tertiary/aromatic N) is 1. The van der Waals surface area contributed by atoms with Crippen LogP contribution in [0.1, 0.15) is 13.8 Å². The van der Waals surface area contributed by atoms with Gasteiger partial charge < -0.3 is 20.1 Å². The molecule has 0 aromatic heterocycles. The molecule has 1 amide bonds. The number of ether oxygens (including phenoxy) is 1. The Hall–Kier alpha value is -1.59. The van der Waals surface area contributed by atoms with Crippen LogP contribution in [0.3, 0.4) is 0 Å². The van der Waals surface area contributed by atoms with E-state index >= 15 is 0 Å². The van der Waals surface area contributed by atoms with Gasteiger partial charge in [0.25, 0.3) is 0 Å². The molecule has 1 aromatic carbocycles. The third kappa shape index (κ3) is 5.59. The van der Waals surface area contributed by atoms with Gasteiger partial charge in [-0.3, -0.25) is 4.79 Å². The molecule has 0 bridgehead atoms. The highest BCUT2D eigenvalue weighted by atomic mass is 16.5. The average molecular weight is 280 g/mol. The highest BCUT2D eigenvalue weighted by Crippen LogP contribution is 2.08. The minimum absolute atomic E-state index is 0.0173. The first-order chi connectivity index (χ1) is 9.54. The summed E-state index contributed by atoms with van der Waals surface area (Å²) in [5.74, 6) is 0.741. The van der Waals surface area contributed by atoms with Crippen molar-refractivity contribution in [3.8, 4) is 5.75 Å². The largest absolute Gasteiger partial charge is 0.491 e. The molecule has 0 heterocycles. The zero-order chi connectivity index (χ0) is 15.0. The number of likely N-dealkylation sites (N-methyl/N-ethyl adjacent to an activating group) is 1. The smallest absolute Gasteiger partial charge is 0.239 e. The molecule has 0 aliphatic heterocycles. The van der Waals surface area contributed by atoms with Gasteiger partial charge in [-0.1, -0.05) is 18.2 Å². The highest BCUT2D eigenvalue weighted by Gasteiger charge is 2.17. The highest BCUT2D eigenvalue weighted by molar-refractivity contribution is 5.81. The first kappa shape index (κ1) is 16.5. The number of hydrogen-bond donors (Lipinski definition) is 2. The Bertz CT molecular complexity index is 397. The summed E-state index contributed by atoms with van der Waals surface area (Å²) >= 11 is 0. The van der Waals surface area contributed by atoms with Crippen LogP contribution in [0.4, 0.5) is 0 Å². The van der Waals surface area contributed by atoms with Crippen LogP contribution >= 0.6 is 0 Å². The number of benzene rings is 1. The molecule has 0 spiro atoms. The summed E-state index contributed by atoms with van der Waals surface area (Å²) in [5, 5.41) is 12.8. The maximum Gasteiger partial charge on any atom is 0.239 e. The molecule has 1 rings (SSSR count). The second-order valence-electron chi connectivity index (χ2n) is 4.76. The molecule has 20 heavy (non-hydrogen) atoms. The van der Waals surface area contributed by atoms with Crippen LogP contribution in [-0.4, -0.2) is 54.8 Å². The summed E-state index contributed by atoms with van der Waals surface area (Å²) in [5.41, 5.74) is 0. The van der Waals surface area contributed by atoms with E-state index in [9.17, 15) is 9.90 Å². The van der Waals surface area contributed by atoms with E-state index in [0.29, 0.717) is 13.1 Å². The fraction of sp³-hybridized carbons (Fsp3) is 0.533. The van der Waals surface area contributed by atoms with Crippen LogP contribution in [0.5, 0.6) is 5.75 Å². The van der Waals surface area contributed by atoms with Crippen molar-refractivity contribution in [2.75, 3.05) is 26.7 Å². The van der Waals surface area contributed by atoms with Crippen LogP contribution in [0, 0.1) is 0 Å². The van der Waals surface area contributed by atoms with Crippen molar-refractivity contribution in [2.45, 2.75) is 26.0 Å². The number of para-hydroxylation sites is 1. The van der Waals surface area contributed by atoms with Crippen LogP contribution in [0.2, 0.25) is 0 Å². The predicted molar refractivity (Wildman–Crippen MR) is 78.7 cm³/mol. The topological polar surface area (TPSA) is 61.8 Å². The number of amides is 1. The van der Waals surface area contributed by atoms with Crippen molar-refractivity contribution in [3.63, 3.8) is 0 Å². The third-order valence-electron chi connectivity index (χ3n) is 3.07. The van der Waals surface area contributed by atoms with Gasteiger partial charge in [-0.15, -0.1) is 0 Å². The molecule has 1 aromatic rings. The fourth-order valence-corrected chi connectivity index (χ4v) is 1.65. The van der Waals surface area contributed by atoms with Crippen LogP contribution in [0.25, 0.3) is 0 Å². The van der Waals surface area contributed by atoms with Gasteiger partial charge in [0, 0.05) is 20.1 Å². The maximum absolute atomic E-state index is 11.8. The lowest BCUT2D eigenvalue weighted by atomic mass is 10.2. The monoisotopic (exact) mass is 280 g/mol. The van der Waals surface area contributed by atoms with Gasteiger partial charge in [0.1, 0.15) is 18.5 Å². The number of aliphatic hydroxyl groups is 1.